The van der Waals surface area contributed by atoms with Crippen LogP contribution in [0.4, 0.5) is 23.7 Å². The molecular weight excluding hydrogens is 457 g/mol. The fourth-order valence-corrected chi connectivity index (χ4v) is 4.72. The van der Waals surface area contributed by atoms with Crippen molar-refractivity contribution in [1.82, 2.24) is 9.97 Å². The monoisotopic (exact) mass is 473 g/mol. The fraction of sp³-hybridized carbons (Fsp3) is 0.217. The van der Waals surface area contributed by atoms with Gasteiger partial charge in [0.1, 0.15) is 11.8 Å². The first kappa shape index (κ1) is 21.4. The van der Waals surface area contributed by atoms with Crippen LogP contribution in [0, 0.1) is 17.6 Å². The number of methoxy groups -OCH3 is 1. The first-order chi connectivity index (χ1) is 15.9. The molecule has 0 aliphatic carbocycles. The molecule has 2 aliphatic rings. The Kier molecular flexibility index (Phi) is 5.28. The van der Waals surface area contributed by atoms with Crippen molar-refractivity contribution in [2.24, 2.45) is 0 Å². The number of rotatable bonds is 3. The molecule has 33 heavy (non-hydrogen) atoms. The average molecular weight is 474 g/mol. The van der Waals surface area contributed by atoms with Gasteiger partial charge in [-0.3, -0.25) is 0 Å². The zero-order valence-corrected chi connectivity index (χ0v) is 18.1. The maximum atomic E-state index is 14.9. The van der Waals surface area contributed by atoms with E-state index in [0.29, 0.717) is 36.1 Å². The summed E-state index contributed by atoms with van der Waals surface area (Å²) >= 11 is 6.32. The number of nitrogens with one attached hydrogen (secondary N) is 1. The Bertz CT molecular complexity index is 1350. The number of amides is 2. The Balaban J connectivity index is 1.46. The van der Waals surface area contributed by atoms with E-state index < -0.39 is 23.6 Å². The third kappa shape index (κ3) is 3.62. The summed E-state index contributed by atoms with van der Waals surface area (Å²) in [7, 11) is 1.29. The van der Waals surface area contributed by atoms with Crippen molar-refractivity contribution in [2.75, 3.05) is 12.4 Å². The summed E-state index contributed by atoms with van der Waals surface area (Å²) in [6, 6.07) is 4.42. The molecule has 2 aliphatic heterocycles. The molecule has 0 fully saturated rings. The van der Waals surface area contributed by atoms with E-state index in [4.69, 9.17) is 16.3 Å². The van der Waals surface area contributed by atoms with Gasteiger partial charge in [0.25, 0.3) is 0 Å². The number of hydrogen-bond donors (Lipinski definition) is 1. The highest BCUT2D eigenvalue weighted by Crippen LogP contribution is 2.35. The standard InChI is InChI=1S/C23H16ClF3N4O2/c1-33-22-18(26)6-11(10-29-22)14-8-17(25)19(9-16(14)24)30-23(32)31-12-2-3-20(31)13-4-5-28-21(27)15(13)7-12/h4-6,8-10,12H,2-3,7H2,1H3/p+1. The van der Waals surface area contributed by atoms with E-state index in [1.165, 1.54) is 25.6 Å². The quantitative estimate of drug-likeness (QED) is 0.430. The molecule has 1 aromatic carbocycles. The van der Waals surface area contributed by atoms with Crippen molar-refractivity contribution in [1.29, 1.82) is 0 Å². The number of anilines is 1. The summed E-state index contributed by atoms with van der Waals surface area (Å²) in [6.07, 6.45) is 4.30. The zero-order chi connectivity index (χ0) is 23.3. The minimum absolute atomic E-state index is 0.103. The van der Waals surface area contributed by atoms with Gasteiger partial charge in [-0.25, -0.2) is 24.1 Å². The molecule has 0 spiro atoms. The summed E-state index contributed by atoms with van der Waals surface area (Å²) in [6.45, 7) is 0. The van der Waals surface area contributed by atoms with Crippen LogP contribution in [-0.4, -0.2) is 39.4 Å². The van der Waals surface area contributed by atoms with E-state index in [1.807, 2.05) is 0 Å². The Morgan fingerprint density at radius 2 is 2.00 bits per heavy atom. The van der Waals surface area contributed by atoms with Gasteiger partial charge in [-0.2, -0.15) is 13.8 Å². The van der Waals surface area contributed by atoms with Crippen molar-refractivity contribution in [3.63, 3.8) is 0 Å². The SMILES string of the molecule is COc1ncc(-c2cc(F)c(NC(=O)[N+]3=C4CCC3Cc3c4ccnc3F)cc2Cl)cc1F. The van der Waals surface area contributed by atoms with E-state index in [1.54, 1.807) is 10.6 Å². The molecule has 3 aromatic rings. The predicted molar refractivity (Wildman–Crippen MR) is 115 cm³/mol. The topological polar surface area (TPSA) is 67.1 Å². The predicted octanol–water partition coefficient (Wildman–Crippen LogP) is 4.98. The third-order valence-corrected chi connectivity index (χ3v) is 6.27. The Hall–Kier alpha value is -3.46. The first-order valence-corrected chi connectivity index (χ1v) is 10.5. The van der Waals surface area contributed by atoms with E-state index in [9.17, 15) is 18.0 Å². The summed E-state index contributed by atoms with van der Waals surface area (Å²) < 4.78 is 49.4. The highest BCUT2D eigenvalue weighted by atomic mass is 35.5. The van der Waals surface area contributed by atoms with Crippen LogP contribution in [-0.2, 0) is 6.42 Å². The molecule has 1 N–H and O–H groups in total. The van der Waals surface area contributed by atoms with Gasteiger partial charge >= 0.3 is 6.03 Å². The van der Waals surface area contributed by atoms with Gasteiger partial charge in [-0.1, -0.05) is 11.6 Å². The molecule has 10 heteroatoms. The van der Waals surface area contributed by atoms with E-state index >= 15 is 0 Å². The number of nitrogens with zero attached hydrogens (tertiary/aromatic N) is 3. The highest BCUT2D eigenvalue weighted by Gasteiger charge is 2.42. The number of benzene rings is 1. The van der Waals surface area contributed by atoms with Crippen LogP contribution in [0.15, 0.2) is 36.7 Å². The van der Waals surface area contributed by atoms with Crippen LogP contribution < -0.4 is 10.1 Å². The van der Waals surface area contributed by atoms with Crippen molar-refractivity contribution in [2.45, 2.75) is 25.3 Å². The highest BCUT2D eigenvalue weighted by molar-refractivity contribution is 6.33. The Morgan fingerprint density at radius 3 is 2.76 bits per heavy atom. The Morgan fingerprint density at radius 1 is 1.18 bits per heavy atom. The van der Waals surface area contributed by atoms with Crippen LogP contribution in [0.3, 0.4) is 0 Å². The van der Waals surface area contributed by atoms with E-state index in [-0.39, 0.29) is 33.8 Å². The number of carbonyl (C=O) groups is 1. The number of ether oxygens (including phenoxy) is 1. The molecule has 0 saturated carbocycles. The van der Waals surface area contributed by atoms with Crippen LogP contribution in [0.25, 0.3) is 11.1 Å². The number of urea groups is 1. The lowest BCUT2D eigenvalue weighted by Gasteiger charge is -2.20. The van der Waals surface area contributed by atoms with Crippen LogP contribution >= 0.6 is 11.6 Å². The second-order valence-corrected chi connectivity index (χ2v) is 8.21. The molecule has 6 nitrogen and oxygen atoms in total. The molecule has 5 rings (SSSR count). The van der Waals surface area contributed by atoms with Crippen LogP contribution in [0.5, 0.6) is 5.88 Å². The lowest BCUT2D eigenvalue weighted by Crippen LogP contribution is -2.39. The normalized spacial score (nSPS) is 16.6. The molecule has 2 aromatic heterocycles. The average Bonchev–Trinajstić information content (AvgIpc) is 3.11. The lowest BCUT2D eigenvalue weighted by atomic mass is 9.99. The van der Waals surface area contributed by atoms with Gasteiger partial charge in [0.2, 0.25) is 11.8 Å². The van der Waals surface area contributed by atoms with E-state index in [2.05, 4.69) is 15.3 Å². The second-order valence-electron chi connectivity index (χ2n) is 7.80. The molecular formula is C23H17ClF3N4O2+. The largest absolute Gasteiger partial charge is 0.496 e. The number of hydrogen-bond acceptors (Lipinski definition) is 4. The third-order valence-electron chi connectivity index (χ3n) is 5.95. The van der Waals surface area contributed by atoms with Gasteiger partial charge in [0, 0.05) is 53.6 Å². The zero-order valence-electron chi connectivity index (χ0n) is 17.3. The van der Waals surface area contributed by atoms with Gasteiger partial charge in [-0.15, -0.1) is 0 Å². The summed E-state index contributed by atoms with van der Waals surface area (Å²) in [5, 5.41) is 2.67. The summed E-state index contributed by atoms with van der Waals surface area (Å²) in [4.78, 5) is 20.6. The molecule has 1 atom stereocenters. The van der Waals surface area contributed by atoms with Gasteiger partial charge in [0.05, 0.1) is 12.1 Å². The van der Waals surface area contributed by atoms with Crippen LogP contribution in [0.1, 0.15) is 24.0 Å². The van der Waals surface area contributed by atoms with Gasteiger partial charge < -0.3 is 4.74 Å². The molecule has 0 saturated heterocycles. The maximum absolute atomic E-state index is 14.9. The maximum Gasteiger partial charge on any atom is 0.496 e. The van der Waals surface area contributed by atoms with Crippen molar-refractivity contribution in [3.05, 3.63) is 70.4 Å². The second kappa shape index (κ2) is 8.15. The first-order valence-electron chi connectivity index (χ1n) is 10.2. The number of fused-ring (bicyclic) bond motifs is 3. The number of aromatic nitrogens is 2. The number of pyridine rings is 2. The van der Waals surface area contributed by atoms with Crippen molar-refractivity contribution in [3.8, 4) is 17.0 Å². The van der Waals surface area contributed by atoms with Crippen molar-refractivity contribution >= 4 is 29.0 Å². The molecule has 2 bridgehead atoms. The minimum Gasteiger partial charge on any atom is -0.479 e. The molecule has 0 radical (unpaired) electrons. The smallest absolute Gasteiger partial charge is 0.479 e. The number of carbonyl (C=O) groups excluding carboxylic acids is 1. The van der Waals surface area contributed by atoms with Gasteiger partial charge in [0.15, 0.2) is 17.3 Å². The van der Waals surface area contributed by atoms with Gasteiger partial charge in [-0.05, 0) is 24.6 Å². The summed E-state index contributed by atoms with van der Waals surface area (Å²) in [5.74, 6) is -2.18. The minimum atomic E-state index is -0.746. The lowest BCUT2D eigenvalue weighted by molar-refractivity contribution is -0.460. The van der Waals surface area contributed by atoms with Crippen LogP contribution in [0.2, 0.25) is 5.02 Å². The number of halogens is 4. The Labute approximate surface area is 191 Å². The van der Waals surface area contributed by atoms with E-state index in [0.717, 1.165) is 12.1 Å². The molecule has 168 valence electrons. The fourth-order valence-electron chi connectivity index (χ4n) is 4.45. The summed E-state index contributed by atoms with van der Waals surface area (Å²) in [5.41, 5.74) is 2.18. The molecule has 1 unspecified atom stereocenters. The van der Waals surface area contributed by atoms with Crippen molar-refractivity contribution < 1.29 is 27.3 Å². The molecule has 2 amide bonds. The molecule has 4 heterocycles.